The number of aromatic nitrogens is 1. The number of amides is 1. The van der Waals surface area contributed by atoms with E-state index in [0.29, 0.717) is 11.1 Å². The number of carbonyl (C=O) groups excluding carboxylic acids is 1. The van der Waals surface area contributed by atoms with Crippen molar-refractivity contribution in [2.45, 2.75) is 31.6 Å². The first-order valence-electron chi connectivity index (χ1n) is 6.12. The van der Waals surface area contributed by atoms with Crippen LogP contribution in [0.3, 0.4) is 0 Å². The molecule has 0 N–H and O–H groups in total. The molecule has 0 bridgehead atoms. The van der Waals surface area contributed by atoms with Crippen LogP contribution in [0.5, 0.6) is 0 Å². The fourth-order valence-corrected chi connectivity index (χ4v) is 3.34. The molecular formula is C13H18N2OS. The maximum atomic E-state index is 11.8. The van der Waals surface area contributed by atoms with Crippen LogP contribution in [0.25, 0.3) is 0 Å². The molecule has 1 fully saturated rings. The highest BCUT2D eigenvalue weighted by atomic mass is 32.2. The van der Waals surface area contributed by atoms with E-state index in [0.717, 1.165) is 31.5 Å². The summed E-state index contributed by atoms with van der Waals surface area (Å²) >= 11 is 1.77. The SMILES string of the molecule is CCCC1SCC(=O)N1CCc1ccccn1. The number of thioether (sulfide) groups is 1. The lowest BCUT2D eigenvalue weighted by atomic mass is 10.2. The third-order valence-corrected chi connectivity index (χ3v) is 4.23. The highest BCUT2D eigenvalue weighted by molar-refractivity contribution is 8.00. The van der Waals surface area contributed by atoms with Gasteiger partial charge in [-0.25, -0.2) is 0 Å². The summed E-state index contributed by atoms with van der Waals surface area (Å²) in [6.07, 6.45) is 4.89. The van der Waals surface area contributed by atoms with Crippen LogP contribution < -0.4 is 0 Å². The number of hydrogen-bond donors (Lipinski definition) is 0. The fraction of sp³-hybridized carbons (Fsp3) is 0.538. The van der Waals surface area contributed by atoms with Gasteiger partial charge in [-0.2, -0.15) is 0 Å². The summed E-state index contributed by atoms with van der Waals surface area (Å²) in [7, 11) is 0. The Morgan fingerprint density at radius 3 is 3.12 bits per heavy atom. The van der Waals surface area contributed by atoms with Crippen molar-refractivity contribution >= 4 is 17.7 Å². The van der Waals surface area contributed by atoms with E-state index in [1.54, 1.807) is 18.0 Å². The van der Waals surface area contributed by atoms with Gasteiger partial charge in [0.15, 0.2) is 0 Å². The number of carbonyl (C=O) groups is 1. The second-order valence-electron chi connectivity index (χ2n) is 4.21. The maximum Gasteiger partial charge on any atom is 0.233 e. The van der Waals surface area contributed by atoms with Gasteiger partial charge in [-0.3, -0.25) is 9.78 Å². The van der Waals surface area contributed by atoms with Gasteiger partial charge in [-0.1, -0.05) is 19.4 Å². The Kier molecular flexibility index (Phi) is 4.42. The summed E-state index contributed by atoms with van der Waals surface area (Å²) in [6.45, 7) is 2.97. The first-order chi connectivity index (χ1) is 8.31. The van der Waals surface area contributed by atoms with Crippen molar-refractivity contribution in [3.63, 3.8) is 0 Å². The predicted octanol–water partition coefficient (Wildman–Crippen LogP) is 2.33. The highest BCUT2D eigenvalue weighted by Crippen LogP contribution is 2.28. The van der Waals surface area contributed by atoms with E-state index in [1.165, 1.54) is 0 Å². The molecule has 3 nitrogen and oxygen atoms in total. The van der Waals surface area contributed by atoms with Crippen LogP contribution in [0.15, 0.2) is 24.4 Å². The van der Waals surface area contributed by atoms with Gasteiger partial charge in [-0.15, -0.1) is 11.8 Å². The van der Waals surface area contributed by atoms with Gasteiger partial charge in [0.2, 0.25) is 5.91 Å². The summed E-state index contributed by atoms with van der Waals surface area (Å²) in [5.74, 6) is 0.928. The van der Waals surface area contributed by atoms with E-state index in [4.69, 9.17) is 0 Å². The second-order valence-corrected chi connectivity index (χ2v) is 5.38. The van der Waals surface area contributed by atoms with Gasteiger partial charge in [0, 0.05) is 24.9 Å². The van der Waals surface area contributed by atoms with Crippen LogP contribution in [0.4, 0.5) is 0 Å². The van der Waals surface area contributed by atoms with Crippen LogP contribution in [-0.4, -0.2) is 33.5 Å². The Bertz CT molecular complexity index is 369. The molecule has 0 aromatic carbocycles. The average molecular weight is 250 g/mol. The molecule has 1 atom stereocenters. The number of hydrogen-bond acceptors (Lipinski definition) is 3. The molecule has 1 aromatic heterocycles. The Morgan fingerprint density at radius 2 is 2.41 bits per heavy atom. The van der Waals surface area contributed by atoms with E-state index < -0.39 is 0 Å². The largest absolute Gasteiger partial charge is 0.330 e. The lowest BCUT2D eigenvalue weighted by Crippen LogP contribution is -2.34. The Hall–Kier alpha value is -1.03. The summed E-state index contributed by atoms with van der Waals surface area (Å²) in [6, 6.07) is 5.93. The summed E-state index contributed by atoms with van der Waals surface area (Å²) in [5.41, 5.74) is 1.06. The van der Waals surface area contributed by atoms with Crippen LogP contribution in [0.2, 0.25) is 0 Å². The molecule has 0 radical (unpaired) electrons. The predicted molar refractivity (Wildman–Crippen MR) is 70.8 cm³/mol. The van der Waals surface area contributed by atoms with E-state index in [1.807, 2.05) is 23.1 Å². The minimum absolute atomic E-state index is 0.282. The second kappa shape index (κ2) is 6.05. The van der Waals surface area contributed by atoms with Crippen LogP contribution in [0, 0.1) is 0 Å². The molecule has 1 aliphatic heterocycles. The monoisotopic (exact) mass is 250 g/mol. The van der Waals surface area contributed by atoms with Crippen LogP contribution in [-0.2, 0) is 11.2 Å². The molecular weight excluding hydrogens is 232 g/mol. The van der Waals surface area contributed by atoms with E-state index in [2.05, 4.69) is 11.9 Å². The van der Waals surface area contributed by atoms with Crippen molar-refractivity contribution in [2.75, 3.05) is 12.3 Å². The lowest BCUT2D eigenvalue weighted by Gasteiger charge is -2.23. The Morgan fingerprint density at radius 1 is 1.53 bits per heavy atom. The van der Waals surface area contributed by atoms with Gasteiger partial charge in [0.1, 0.15) is 0 Å². The zero-order valence-electron chi connectivity index (χ0n) is 10.1. The molecule has 1 unspecified atom stereocenters. The minimum Gasteiger partial charge on any atom is -0.330 e. The Labute approximate surface area is 107 Å². The van der Waals surface area contributed by atoms with E-state index in [-0.39, 0.29) is 5.91 Å². The molecule has 17 heavy (non-hydrogen) atoms. The number of pyridine rings is 1. The average Bonchev–Trinajstić information content (AvgIpc) is 2.70. The van der Waals surface area contributed by atoms with Crippen LogP contribution in [0.1, 0.15) is 25.5 Å². The third-order valence-electron chi connectivity index (χ3n) is 2.94. The van der Waals surface area contributed by atoms with Gasteiger partial charge in [0.25, 0.3) is 0 Å². The van der Waals surface area contributed by atoms with Crippen molar-refractivity contribution in [2.24, 2.45) is 0 Å². The molecule has 1 aromatic rings. The van der Waals surface area contributed by atoms with Gasteiger partial charge >= 0.3 is 0 Å². The third kappa shape index (κ3) is 3.22. The van der Waals surface area contributed by atoms with E-state index >= 15 is 0 Å². The Balaban J connectivity index is 1.90. The van der Waals surface area contributed by atoms with Crippen molar-refractivity contribution in [3.8, 4) is 0 Å². The lowest BCUT2D eigenvalue weighted by molar-refractivity contribution is -0.128. The molecule has 2 rings (SSSR count). The standard InChI is InChI=1S/C13H18N2OS/c1-2-5-13-15(12(16)10-17-13)9-7-11-6-3-4-8-14-11/h3-4,6,8,13H,2,5,7,9-10H2,1H3. The van der Waals surface area contributed by atoms with Crippen molar-refractivity contribution in [1.29, 1.82) is 0 Å². The fourth-order valence-electron chi connectivity index (χ4n) is 2.04. The topological polar surface area (TPSA) is 33.2 Å². The van der Waals surface area contributed by atoms with Crippen molar-refractivity contribution in [3.05, 3.63) is 30.1 Å². The molecule has 4 heteroatoms. The molecule has 2 heterocycles. The van der Waals surface area contributed by atoms with Gasteiger partial charge < -0.3 is 4.90 Å². The smallest absolute Gasteiger partial charge is 0.233 e. The number of nitrogens with zero attached hydrogens (tertiary/aromatic N) is 2. The normalized spacial score (nSPS) is 19.9. The summed E-state index contributed by atoms with van der Waals surface area (Å²) in [5, 5.41) is 0.385. The molecule has 1 amide bonds. The van der Waals surface area contributed by atoms with Crippen molar-refractivity contribution in [1.82, 2.24) is 9.88 Å². The van der Waals surface area contributed by atoms with E-state index in [9.17, 15) is 4.79 Å². The quantitative estimate of drug-likeness (QED) is 0.804. The zero-order valence-corrected chi connectivity index (χ0v) is 10.9. The highest BCUT2D eigenvalue weighted by Gasteiger charge is 2.30. The zero-order chi connectivity index (χ0) is 12.1. The van der Waals surface area contributed by atoms with Crippen LogP contribution >= 0.6 is 11.8 Å². The molecule has 0 aliphatic carbocycles. The maximum absolute atomic E-state index is 11.8. The molecule has 0 spiro atoms. The molecule has 0 saturated carbocycles. The molecule has 1 aliphatic rings. The molecule has 1 saturated heterocycles. The van der Waals surface area contributed by atoms with Gasteiger partial charge in [0.05, 0.1) is 11.1 Å². The first kappa shape index (κ1) is 12.4. The number of rotatable bonds is 5. The van der Waals surface area contributed by atoms with Gasteiger partial charge in [-0.05, 0) is 18.6 Å². The molecule has 92 valence electrons. The first-order valence-corrected chi connectivity index (χ1v) is 7.17. The van der Waals surface area contributed by atoms with Crippen molar-refractivity contribution < 1.29 is 4.79 Å². The minimum atomic E-state index is 0.282. The summed E-state index contributed by atoms with van der Waals surface area (Å²) in [4.78, 5) is 18.1. The summed E-state index contributed by atoms with van der Waals surface area (Å²) < 4.78 is 0.